The molecule has 0 N–H and O–H groups in total. The Kier molecular flexibility index (Phi) is 7.88. The first kappa shape index (κ1) is 16.2. The van der Waals surface area contributed by atoms with Gasteiger partial charge in [0.05, 0.1) is 19.6 Å². The first-order valence-corrected chi connectivity index (χ1v) is 6.69. The average Bonchev–Trinajstić information content (AvgIpc) is 2.27. The summed E-state index contributed by atoms with van der Waals surface area (Å²) in [7, 11) is 0. The van der Waals surface area contributed by atoms with E-state index in [9.17, 15) is 4.79 Å². The average molecular weight is 242 g/mol. The number of rotatable bonds is 9. The summed E-state index contributed by atoms with van der Waals surface area (Å²) in [5.74, 6) is -0.268. The molecule has 0 saturated carbocycles. The van der Waals surface area contributed by atoms with Gasteiger partial charge in [0.25, 0.3) is 0 Å². The third kappa shape index (κ3) is 5.87. The number of hydrogen-bond donors (Lipinski definition) is 0. The second-order valence-corrected chi connectivity index (χ2v) is 4.85. The molecule has 0 aromatic rings. The molecule has 0 aromatic heterocycles. The largest absolute Gasteiger partial charge is 0.412 e. The van der Waals surface area contributed by atoms with Gasteiger partial charge in [-0.25, -0.2) is 4.79 Å². The maximum absolute atomic E-state index is 11.5. The van der Waals surface area contributed by atoms with Crippen LogP contribution in [0.4, 0.5) is 0 Å². The van der Waals surface area contributed by atoms with Crippen molar-refractivity contribution in [1.29, 1.82) is 0 Å². The minimum absolute atomic E-state index is 0.268. The van der Waals surface area contributed by atoms with Crippen LogP contribution in [0, 0.1) is 0 Å². The van der Waals surface area contributed by atoms with E-state index in [4.69, 9.17) is 4.74 Å². The highest BCUT2D eigenvalue weighted by molar-refractivity contribution is 5.86. The van der Waals surface area contributed by atoms with Gasteiger partial charge in [0, 0.05) is 5.57 Å². The summed E-state index contributed by atoms with van der Waals surface area (Å²) in [5.41, 5.74) is 0.479. The number of ether oxygens (including phenoxy) is 1. The first-order valence-electron chi connectivity index (χ1n) is 6.69. The third-order valence-corrected chi connectivity index (χ3v) is 2.91. The number of nitrogens with zero attached hydrogens (tertiary/aromatic N) is 1. The smallest absolute Gasteiger partial charge is 0.337 e. The van der Waals surface area contributed by atoms with Crippen molar-refractivity contribution in [3.63, 3.8) is 0 Å². The van der Waals surface area contributed by atoms with E-state index in [1.807, 2.05) is 0 Å². The lowest BCUT2D eigenvalue weighted by atomic mass is 10.2. The molecular formula is C14H28NO2+. The van der Waals surface area contributed by atoms with E-state index >= 15 is 0 Å². The zero-order chi connectivity index (χ0) is 13.3. The van der Waals surface area contributed by atoms with Gasteiger partial charge >= 0.3 is 5.97 Å². The fraction of sp³-hybridized carbons (Fsp3) is 0.786. The zero-order valence-corrected chi connectivity index (χ0v) is 11.9. The summed E-state index contributed by atoms with van der Waals surface area (Å²) in [5, 5.41) is 0. The van der Waals surface area contributed by atoms with Gasteiger partial charge in [-0.2, -0.15) is 0 Å². The van der Waals surface area contributed by atoms with Crippen molar-refractivity contribution < 1.29 is 14.0 Å². The quantitative estimate of drug-likeness (QED) is 0.269. The molecule has 3 nitrogen and oxygen atoms in total. The first-order chi connectivity index (χ1) is 8.01. The lowest BCUT2D eigenvalue weighted by Crippen LogP contribution is -2.51. The predicted octanol–water partition coefficient (Wildman–Crippen LogP) is 3.11. The molecule has 0 unspecified atom stereocenters. The van der Waals surface area contributed by atoms with Gasteiger partial charge in [-0.3, -0.25) is 4.48 Å². The lowest BCUT2D eigenvalue weighted by molar-refractivity contribution is -0.943. The molecule has 0 aliphatic rings. The molecule has 0 fully saturated rings. The van der Waals surface area contributed by atoms with E-state index in [-0.39, 0.29) is 5.97 Å². The maximum atomic E-state index is 11.5. The summed E-state index contributed by atoms with van der Waals surface area (Å²) >= 11 is 0. The SMILES string of the molecule is C=C(C)C(=O)OC[N+](CCC)(CCC)CCC. The molecule has 0 radical (unpaired) electrons. The lowest BCUT2D eigenvalue weighted by Gasteiger charge is -2.37. The molecule has 17 heavy (non-hydrogen) atoms. The normalized spacial score (nSPS) is 11.3. The van der Waals surface area contributed by atoms with Gasteiger partial charge in [0.1, 0.15) is 0 Å². The van der Waals surface area contributed by atoms with Crippen LogP contribution < -0.4 is 0 Å². The Morgan fingerprint density at radius 3 is 1.76 bits per heavy atom. The van der Waals surface area contributed by atoms with E-state index in [0.717, 1.165) is 43.4 Å². The molecule has 0 aromatic carbocycles. The van der Waals surface area contributed by atoms with Gasteiger partial charge in [-0.15, -0.1) is 0 Å². The predicted molar refractivity (Wildman–Crippen MR) is 71.5 cm³/mol. The highest BCUT2D eigenvalue weighted by atomic mass is 16.5. The Labute approximate surface area is 106 Å². The van der Waals surface area contributed by atoms with Crippen molar-refractivity contribution in [2.45, 2.75) is 47.0 Å². The zero-order valence-electron chi connectivity index (χ0n) is 11.9. The molecule has 0 rings (SSSR count). The molecule has 0 bridgehead atoms. The van der Waals surface area contributed by atoms with Crippen molar-refractivity contribution >= 4 is 5.97 Å². The number of carbonyl (C=O) groups is 1. The van der Waals surface area contributed by atoms with Gasteiger partial charge < -0.3 is 4.74 Å². The fourth-order valence-electron chi connectivity index (χ4n) is 2.27. The summed E-state index contributed by atoms with van der Waals surface area (Å²) in [6, 6.07) is 0. The monoisotopic (exact) mass is 242 g/mol. The van der Waals surface area contributed by atoms with Crippen LogP contribution in [0.15, 0.2) is 12.2 Å². The van der Waals surface area contributed by atoms with E-state index in [2.05, 4.69) is 27.4 Å². The van der Waals surface area contributed by atoms with E-state index in [0.29, 0.717) is 12.3 Å². The molecule has 0 heterocycles. The van der Waals surface area contributed by atoms with Gasteiger partial charge in [-0.05, 0) is 26.2 Å². The van der Waals surface area contributed by atoms with Crippen molar-refractivity contribution in [3.05, 3.63) is 12.2 Å². The van der Waals surface area contributed by atoms with Crippen LogP contribution >= 0.6 is 0 Å². The van der Waals surface area contributed by atoms with Crippen molar-refractivity contribution in [3.8, 4) is 0 Å². The van der Waals surface area contributed by atoms with E-state index < -0.39 is 0 Å². The molecule has 0 atom stereocenters. The number of quaternary nitrogens is 1. The summed E-state index contributed by atoms with van der Waals surface area (Å²) in [6.45, 7) is 15.6. The molecular weight excluding hydrogens is 214 g/mol. The Balaban J connectivity index is 4.53. The van der Waals surface area contributed by atoms with Crippen LogP contribution in [0.3, 0.4) is 0 Å². The summed E-state index contributed by atoms with van der Waals surface area (Å²) < 4.78 is 6.25. The van der Waals surface area contributed by atoms with Crippen LogP contribution in [0.25, 0.3) is 0 Å². The number of hydrogen-bond acceptors (Lipinski definition) is 2. The molecule has 100 valence electrons. The van der Waals surface area contributed by atoms with Crippen LogP contribution in [-0.4, -0.2) is 36.8 Å². The molecule has 0 amide bonds. The minimum atomic E-state index is -0.268. The van der Waals surface area contributed by atoms with Crippen LogP contribution in [-0.2, 0) is 9.53 Å². The molecule has 0 aliphatic carbocycles. The molecule has 3 heteroatoms. The fourth-order valence-corrected chi connectivity index (χ4v) is 2.27. The third-order valence-electron chi connectivity index (χ3n) is 2.91. The van der Waals surface area contributed by atoms with Gasteiger partial charge in [0.15, 0.2) is 0 Å². The van der Waals surface area contributed by atoms with Crippen LogP contribution in [0.5, 0.6) is 0 Å². The van der Waals surface area contributed by atoms with Crippen molar-refractivity contribution in [2.24, 2.45) is 0 Å². The Bertz CT molecular complexity index is 232. The van der Waals surface area contributed by atoms with E-state index in [1.54, 1.807) is 6.92 Å². The van der Waals surface area contributed by atoms with Gasteiger partial charge in [0.2, 0.25) is 6.73 Å². The number of carbonyl (C=O) groups excluding carboxylic acids is 1. The summed E-state index contributed by atoms with van der Waals surface area (Å²) in [6.07, 6.45) is 3.35. The standard InChI is InChI=1S/C14H28NO2/c1-6-9-15(10-7-2,11-8-3)12-17-14(16)13(4)5/h4,6-12H2,1-3,5H3/q+1. The Morgan fingerprint density at radius 2 is 1.47 bits per heavy atom. The molecule has 0 saturated heterocycles. The van der Waals surface area contributed by atoms with Crippen molar-refractivity contribution in [2.75, 3.05) is 26.4 Å². The van der Waals surface area contributed by atoms with Crippen LogP contribution in [0.1, 0.15) is 47.0 Å². The van der Waals surface area contributed by atoms with Crippen molar-refractivity contribution in [1.82, 2.24) is 0 Å². The number of esters is 1. The molecule has 0 spiro atoms. The highest BCUT2D eigenvalue weighted by Gasteiger charge is 2.26. The second-order valence-electron chi connectivity index (χ2n) is 4.85. The Hall–Kier alpha value is -0.830. The van der Waals surface area contributed by atoms with Crippen LogP contribution in [0.2, 0.25) is 0 Å². The second kappa shape index (κ2) is 8.29. The summed E-state index contributed by atoms with van der Waals surface area (Å²) in [4.78, 5) is 11.5. The minimum Gasteiger partial charge on any atom is -0.412 e. The topological polar surface area (TPSA) is 26.3 Å². The van der Waals surface area contributed by atoms with Gasteiger partial charge in [-0.1, -0.05) is 27.4 Å². The van der Waals surface area contributed by atoms with E-state index in [1.165, 1.54) is 0 Å². The Morgan fingerprint density at radius 1 is 1.06 bits per heavy atom. The highest BCUT2D eigenvalue weighted by Crippen LogP contribution is 2.12. The maximum Gasteiger partial charge on any atom is 0.337 e. The molecule has 0 aliphatic heterocycles.